The quantitative estimate of drug-likeness (QED) is 0.213. The van der Waals surface area contributed by atoms with E-state index in [9.17, 15) is 9.59 Å². The first kappa shape index (κ1) is 25.1. The zero-order valence-corrected chi connectivity index (χ0v) is 20.8. The highest BCUT2D eigenvalue weighted by atomic mass is 16.5. The normalized spacial score (nSPS) is 11.1. The summed E-state index contributed by atoms with van der Waals surface area (Å²) >= 11 is 0. The van der Waals surface area contributed by atoms with Gasteiger partial charge in [-0.05, 0) is 61.1 Å². The smallest absolute Gasteiger partial charge is 0.216 e. The summed E-state index contributed by atoms with van der Waals surface area (Å²) in [6, 6.07) is 8.03. The second-order valence-electron chi connectivity index (χ2n) is 8.77. The van der Waals surface area contributed by atoms with Crippen molar-refractivity contribution in [3.8, 4) is 11.5 Å². The van der Waals surface area contributed by atoms with Crippen LogP contribution in [0.15, 0.2) is 42.9 Å². The Balaban J connectivity index is 1.21. The molecule has 4 N–H and O–H groups in total. The molecule has 3 heterocycles. The molecular weight excluding hydrogens is 458 g/mol. The lowest BCUT2D eigenvalue weighted by Gasteiger charge is -2.09. The van der Waals surface area contributed by atoms with Gasteiger partial charge in [-0.2, -0.15) is 0 Å². The predicted octanol–water partition coefficient (Wildman–Crippen LogP) is 3.64. The molecule has 0 saturated heterocycles. The van der Waals surface area contributed by atoms with Gasteiger partial charge in [0.1, 0.15) is 17.1 Å². The van der Waals surface area contributed by atoms with E-state index in [2.05, 4.69) is 25.6 Å². The maximum absolute atomic E-state index is 11.1. The number of rotatable bonds is 13. The molecule has 0 aliphatic rings. The van der Waals surface area contributed by atoms with Crippen molar-refractivity contribution in [1.29, 1.82) is 0 Å². The molecule has 3 aromatic heterocycles. The molecule has 4 rings (SSSR count). The molecule has 0 saturated carbocycles. The zero-order chi connectivity index (χ0) is 25.3. The van der Waals surface area contributed by atoms with Crippen molar-refractivity contribution in [2.24, 2.45) is 0 Å². The highest BCUT2D eigenvalue weighted by Crippen LogP contribution is 2.25. The van der Waals surface area contributed by atoms with E-state index in [0.29, 0.717) is 26.3 Å². The minimum atomic E-state index is -0.0329. The lowest BCUT2D eigenvalue weighted by atomic mass is 10.1. The minimum Gasteiger partial charge on any atom is -0.494 e. The van der Waals surface area contributed by atoms with Crippen molar-refractivity contribution >= 4 is 33.8 Å². The van der Waals surface area contributed by atoms with Gasteiger partial charge in [0, 0.05) is 55.6 Å². The monoisotopic (exact) mass is 491 g/mol. The summed E-state index contributed by atoms with van der Waals surface area (Å²) in [5.74, 6) is 1.51. The molecule has 0 aliphatic heterocycles. The standard InChI is InChI=1S/C27H33N5O4/c1-18(33)28-9-7-20-15-30-26-6-5-22(13-24(20)26)35-11-3-4-12-36-23-14-25-21(8-10-29-19(2)34)16-31-27(25)32-17-23/h5-6,13-17,30H,3-4,7-12H2,1-2H3,(H,28,33)(H,29,34)(H,31,32). The third kappa shape index (κ3) is 6.78. The number of ether oxygens (including phenoxy) is 2. The van der Waals surface area contributed by atoms with E-state index in [4.69, 9.17) is 9.47 Å². The molecule has 4 aromatic rings. The number of H-pyrrole nitrogens is 2. The van der Waals surface area contributed by atoms with E-state index < -0.39 is 0 Å². The van der Waals surface area contributed by atoms with Crippen LogP contribution in [0.25, 0.3) is 21.9 Å². The highest BCUT2D eigenvalue weighted by Gasteiger charge is 2.08. The molecule has 9 heteroatoms. The molecule has 36 heavy (non-hydrogen) atoms. The van der Waals surface area contributed by atoms with Gasteiger partial charge in [0.15, 0.2) is 0 Å². The van der Waals surface area contributed by atoms with Crippen LogP contribution in [-0.2, 0) is 22.4 Å². The van der Waals surface area contributed by atoms with Gasteiger partial charge in [-0.25, -0.2) is 4.98 Å². The largest absolute Gasteiger partial charge is 0.494 e. The highest BCUT2D eigenvalue weighted by molar-refractivity contribution is 5.85. The summed E-state index contributed by atoms with van der Waals surface area (Å²) < 4.78 is 11.9. The molecule has 0 radical (unpaired) electrons. The van der Waals surface area contributed by atoms with Crippen molar-refractivity contribution in [1.82, 2.24) is 25.6 Å². The van der Waals surface area contributed by atoms with Crippen LogP contribution in [0.4, 0.5) is 0 Å². The van der Waals surface area contributed by atoms with E-state index in [0.717, 1.165) is 70.2 Å². The second kappa shape index (κ2) is 12.1. The topological polar surface area (TPSA) is 121 Å². The maximum Gasteiger partial charge on any atom is 0.216 e. The third-order valence-electron chi connectivity index (χ3n) is 5.94. The first-order chi connectivity index (χ1) is 17.5. The van der Waals surface area contributed by atoms with Crippen LogP contribution in [0.1, 0.15) is 37.8 Å². The molecule has 0 aliphatic carbocycles. The SMILES string of the molecule is CC(=O)NCCc1c[nH]c2ccc(OCCCCOc3cnc4[nH]cc(CCNC(C)=O)c4c3)cc12. The molecule has 1 aromatic carbocycles. The van der Waals surface area contributed by atoms with Crippen LogP contribution in [0.5, 0.6) is 11.5 Å². The Morgan fingerprint density at radius 2 is 1.44 bits per heavy atom. The minimum absolute atomic E-state index is 0.0208. The number of pyridine rings is 1. The molecule has 9 nitrogen and oxygen atoms in total. The van der Waals surface area contributed by atoms with Crippen molar-refractivity contribution in [2.75, 3.05) is 26.3 Å². The number of carbonyl (C=O) groups is 2. The van der Waals surface area contributed by atoms with Gasteiger partial charge in [-0.1, -0.05) is 0 Å². The number of benzene rings is 1. The van der Waals surface area contributed by atoms with Crippen LogP contribution in [0.3, 0.4) is 0 Å². The van der Waals surface area contributed by atoms with Crippen LogP contribution in [-0.4, -0.2) is 53.1 Å². The van der Waals surface area contributed by atoms with Gasteiger partial charge in [0.25, 0.3) is 0 Å². The van der Waals surface area contributed by atoms with Crippen LogP contribution in [0, 0.1) is 0 Å². The molecule has 2 amide bonds. The van der Waals surface area contributed by atoms with Crippen molar-refractivity contribution in [3.63, 3.8) is 0 Å². The number of nitrogens with zero attached hydrogens (tertiary/aromatic N) is 1. The fourth-order valence-corrected chi connectivity index (χ4v) is 4.11. The van der Waals surface area contributed by atoms with Crippen molar-refractivity contribution in [2.45, 2.75) is 39.5 Å². The van der Waals surface area contributed by atoms with E-state index >= 15 is 0 Å². The number of aromatic nitrogens is 3. The van der Waals surface area contributed by atoms with Gasteiger partial charge >= 0.3 is 0 Å². The number of hydrogen-bond acceptors (Lipinski definition) is 5. The summed E-state index contributed by atoms with van der Waals surface area (Å²) in [5, 5.41) is 7.78. The van der Waals surface area contributed by atoms with Crippen molar-refractivity contribution < 1.29 is 19.1 Å². The van der Waals surface area contributed by atoms with Gasteiger partial charge in [0.05, 0.1) is 19.4 Å². The summed E-state index contributed by atoms with van der Waals surface area (Å²) in [6.45, 7) is 5.41. The Morgan fingerprint density at radius 3 is 2.14 bits per heavy atom. The van der Waals surface area contributed by atoms with Gasteiger partial charge in [0.2, 0.25) is 11.8 Å². The molecule has 0 spiro atoms. The molecule has 0 bridgehead atoms. The number of nitrogens with one attached hydrogen (secondary N) is 4. The Bertz CT molecular complexity index is 1220. The number of carbonyl (C=O) groups excluding carboxylic acids is 2. The Hall–Kier alpha value is -4.01. The molecule has 0 fully saturated rings. The molecule has 190 valence electrons. The van der Waals surface area contributed by atoms with E-state index in [1.54, 1.807) is 6.20 Å². The summed E-state index contributed by atoms with van der Waals surface area (Å²) in [6.07, 6.45) is 8.85. The molecule has 0 unspecified atom stereocenters. The lowest BCUT2D eigenvalue weighted by Crippen LogP contribution is -2.22. The van der Waals surface area contributed by atoms with Gasteiger partial charge in [-0.3, -0.25) is 9.59 Å². The fourth-order valence-electron chi connectivity index (χ4n) is 4.11. The summed E-state index contributed by atoms with van der Waals surface area (Å²) in [7, 11) is 0. The number of aromatic amines is 2. The number of fused-ring (bicyclic) bond motifs is 2. The molecule has 0 atom stereocenters. The average molecular weight is 492 g/mol. The van der Waals surface area contributed by atoms with Gasteiger partial charge < -0.3 is 30.1 Å². The Morgan fingerprint density at radius 1 is 0.833 bits per heavy atom. The first-order valence-corrected chi connectivity index (χ1v) is 12.3. The predicted molar refractivity (Wildman–Crippen MR) is 139 cm³/mol. The molecular formula is C27H33N5O4. The average Bonchev–Trinajstić information content (AvgIpc) is 3.44. The van der Waals surface area contributed by atoms with E-state index in [1.807, 2.05) is 36.7 Å². The zero-order valence-electron chi connectivity index (χ0n) is 20.8. The number of hydrogen-bond donors (Lipinski definition) is 4. The Kier molecular flexibility index (Phi) is 8.44. The maximum atomic E-state index is 11.1. The summed E-state index contributed by atoms with van der Waals surface area (Å²) in [4.78, 5) is 33.1. The Labute approximate surface area is 210 Å². The fraction of sp³-hybridized carbons (Fsp3) is 0.370. The lowest BCUT2D eigenvalue weighted by molar-refractivity contribution is -0.119. The van der Waals surface area contributed by atoms with Crippen molar-refractivity contribution in [3.05, 3.63) is 54.0 Å². The van der Waals surface area contributed by atoms with Crippen LogP contribution in [0.2, 0.25) is 0 Å². The first-order valence-electron chi connectivity index (χ1n) is 12.3. The van der Waals surface area contributed by atoms with Crippen LogP contribution >= 0.6 is 0 Å². The van der Waals surface area contributed by atoms with Crippen LogP contribution < -0.4 is 20.1 Å². The number of unbranched alkanes of at least 4 members (excludes halogenated alkanes) is 1. The second-order valence-corrected chi connectivity index (χ2v) is 8.77. The van der Waals surface area contributed by atoms with E-state index in [-0.39, 0.29) is 11.8 Å². The summed E-state index contributed by atoms with van der Waals surface area (Å²) in [5.41, 5.74) is 4.12. The van der Waals surface area contributed by atoms with E-state index in [1.165, 1.54) is 13.8 Å². The number of amides is 2. The third-order valence-corrected chi connectivity index (χ3v) is 5.94. The van der Waals surface area contributed by atoms with Gasteiger partial charge in [-0.15, -0.1) is 0 Å².